The Morgan fingerprint density at radius 3 is 2.94 bits per heavy atom. The molecule has 0 aromatic carbocycles. The van der Waals surface area contributed by atoms with Crippen LogP contribution >= 0.6 is 0 Å². The highest BCUT2D eigenvalue weighted by molar-refractivity contribution is 5.94. The van der Waals surface area contributed by atoms with Crippen LogP contribution in [0.3, 0.4) is 0 Å². The molecule has 1 aromatic heterocycles. The molecular formula is C12H16FN3O. The molecule has 92 valence electrons. The quantitative estimate of drug-likeness (QED) is 0.850. The van der Waals surface area contributed by atoms with E-state index in [1.807, 2.05) is 0 Å². The maximum absolute atomic E-state index is 13.4. The molecule has 2 rings (SSSR count). The fraction of sp³-hybridized carbons (Fsp3) is 0.500. The van der Waals surface area contributed by atoms with E-state index in [-0.39, 0.29) is 17.5 Å². The molecule has 1 aromatic rings. The van der Waals surface area contributed by atoms with E-state index in [4.69, 9.17) is 5.73 Å². The van der Waals surface area contributed by atoms with Gasteiger partial charge in [0.25, 0.3) is 5.91 Å². The van der Waals surface area contributed by atoms with Gasteiger partial charge in [0, 0.05) is 25.8 Å². The Balaban J connectivity index is 2.16. The Kier molecular flexibility index (Phi) is 3.38. The zero-order valence-electron chi connectivity index (χ0n) is 9.77. The molecule has 1 fully saturated rings. The van der Waals surface area contributed by atoms with Crippen LogP contribution in [-0.2, 0) is 0 Å². The predicted octanol–water partition coefficient (Wildman–Crippen LogP) is 1.03. The highest BCUT2D eigenvalue weighted by Crippen LogP contribution is 2.34. The first-order valence-corrected chi connectivity index (χ1v) is 5.72. The molecule has 1 saturated carbocycles. The summed E-state index contributed by atoms with van der Waals surface area (Å²) in [6.45, 7) is 0.416. The molecule has 0 saturated heterocycles. The van der Waals surface area contributed by atoms with Gasteiger partial charge in [0.15, 0.2) is 5.82 Å². The van der Waals surface area contributed by atoms with Crippen molar-refractivity contribution < 1.29 is 9.18 Å². The van der Waals surface area contributed by atoms with Gasteiger partial charge in [-0.3, -0.25) is 9.78 Å². The summed E-state index contributed by atoms with van der Waals surface area (Å²) in [7, 11) is 1.68. The maximum atomic E-state index is 13.4. The van der Waals surface area contributed by atoms with E-state index in [9.17, 15) is 9.18 Å². The van der Waals surface area contributed by atoms with Crippen LogP contribution in [0.2, 0.25) is 0 Å². The third-order valence-electron chi connectivity index (χ3n) is 3.23. The van der Waals surface area contributed by atoms with E-state index >= 15 is 0 Å². The second-order valence-corrected chi connectivity index (χ2v) is 4.41. The Bertz CT molecular complexity index is 420. The summed E-state index contributed by atoms with van der Waals surface area (Å²) in [5, 5.41) is 0. The first kappa shape index (κ1) is 12.0. The topological polar surface area (TPSA) is 59.2 Å². The Hall–Kier alpha value is -1.49. The molecule has 1 unspecified atom stereocenters. The van der Waals surface area contributed by atoms with Crippen molar-refractivity contribution in [2.75, 3.05) is 13.6 Å². The first-order valence-electron chi connectivity index (χ1n) is 5.72. The summed E-state index contributed by atoms with van der Waals surface area (Å²) < 4.78 is 13.4. The minimum absolute atomic E-state index is 0.00932. The average Bonchev–Trinajstić information content (AvgIpc) is 3.14. The molecule has 0 aliphatic heterocycles. The lowest BCUT2D eigenvalue weighted by molar-refractivity contribution is 0.0713. The van der Waals surface area contributed by atoms with Gasteiger partial charge in [0.05, 0.1) is 11.8 Å². The SMILES string of the molecule is CN(C(=O)c1ccncc1F)C(CN)C1CC1. The van der Waals surface area contributed by atoms with Crippen molar-refractivity contribution in [1.29, 1.82) is 0 Å². The molecule has 4 nitrogen and oxygen atoms in total. The van der Waals surface area contributed by atoms with E-state index in [0.29, 0.717) is 12.5 Å². The van der Waals surface area contributed by atoms with Crippen molar-refractivity contribution in [1.82, 2.24) is 9.88 Å². The number of carbonyl (C=O) groups is 1. The van der Waals surface area contributed by atoms with Crippen molar-refractivity contribution in [3.05, 3.63) is 29.8 Å². The number of hydrogen-bond acceptors (Lipinski definition) is 3. The first-order chi connectivity index (χ1) is 8.15. The number of hydrogen-bond donors (Lipinski definition) is 1. The van der Waals surface area contributed by atoms with Crippen LogP contribution < -0.4 is 5.73 Å². The molecule has 0 radical (unpaired) electrons. The molecule has 17 heavy (non-hydrogen) atoms. The van der Waals surface area contributed by atoms with Crippen LogP contribution in [0.15, 0.2) is 18.5 Å². The summed E-state index contributed by atoms with van der Waals surface area (Å²) in [4.78, 5) is 17.3. The van der Waals surface area contributed by atoms with E-state index in [2.05, 4.69) is 4.98 Å². The van der Waals surface area contributed by atoms with Crippen LogP contribution in [0.25, 0.3) is 0 Å². The minimum Gasteiger partial charge on any atom is -0.337 e. The summed E-state index contributed by atoms with van der Waals surface area (Å²) in [5.74, 6) is -0.443. The van der Waals surface area contributed by atoms with Gasteiger partial charge in [-0.15, -0.1) is 0 Å². The highest BCUT2D eigenvalue weighted by atomic mass is 19.1. The van der Waals surface area contributed by atoms with Crippen LogP contribution in [0.4, 0.5) is 4.39 Å². The normalized spacial score (nSPS) is 16.6. The van der Waals surface area contributed by atoms with Gasteiger partial charge in [-0.1, -0.05) is 0 Å². The van der Waals surface area contributed by atoms with Crippen LogP contribution in [-0.4, -0.2) is 35.4 Å². The summed E-state index contributed by atoms with van der Waals surface area (Å²) >= 11 is 0. The van der Waals surface area contributed by atoms with E-state index in [1.165, 1.54) is 12.3 Å². The van der Waals surface area contributed by atoms with Crippen LogP contribution in [0.5, 0.6) is 0 Å². The number of likely N-dealkylation sites (N-methyl/N-ethyl adjacent to an activating group) is 1. The second kappa shape index (κ2) is 4.79. The molecule has 1 amide bonds. The van der Waals surface area contributed by atoms with Crippen LogP contribution in [0, 0.1) is 11.7 Å². The Morgan fingerprint density at radius 1 is 1.71 bits per heavy atom. The van der Waals surface area contributed by atoms with Gasteiger partial charge in [0.1, 0.15) is 0 Å². The van der Waals surface area contributed by atoms with Gasteiger partial charge in [0.2, 0.25) is 0 Å². The smallest absolute Gasteiger partial charge is 0.256 e. The Morgan fingerprint density at radius 2 is 2.41 bits per heavy atom. The second-order valence-electron chi connectivity index (χ2n) is 4.41. The standard InChI is InChI=1S/C12H16FN3O/c1-16(11(6-14)8-2-3-8)12(17)9-4-5-15-7-10(9)13/h4-5,7-8,11H,2-3,6,14H2,1H3. The highest BCUT2D eigenvalue weighted by Gasteiger charge is 2.35. The van der Waals surface area contributed by atoms with Crippen molar-refractivity contribution in [3.8, 4) is 0 Å². The van der Waals surface area contributed by atoms with E-state index in [0.717, 1.165) is 19.0 Å². The van der Waals surface area contributed by atoms with Crippen molar-refractivity contribution >= 4 is 5.91 Å². The largest absolute Gasteiger partial charge is 0.337 e. The fourth-order valence-corrected chi connectivity index (χ4v) is 2.04. The number of carbonyl (C=O) groups excluding carboxylic acids is 1. The predicted molar refractivity (Wildman–Crippen MR) is 61.9 cm³/mol. The molecule has 1 aliphatic carbocycles. The summed E-state index contributed by atoms with van der Waals surface area (Å²) in [5.41, 5.74) is 5.73. The van der Waals surface area contributed by atoms with Gasteiger partial charge in [-0.25, -0.2) is 4.39 Å². The van der Waals surface area contributed by atoms with Crippen molar-refractivity contribution in [2.24, 2.45) is 11.7 Å². The lowest BCUT2D eigenvalue weighted by atomic mass is 10.1. The Labute approximate surface area is 99.6 Å². The van der Waals surface area contributed by atoms with E-state index < -0.39 is 5.82 Å². The molecule has 1 heterocycles. The molecule has 1 atom stereocenters. The summed E-state index contributed by atoms with van der Waals surface area (Å²) in [6, 6.07) is 1.41. The molecule has 0 spiro atoms. The number of nitrogens with zero attached hydrogens (tertiary/aromatic N) is 2. The zero-order valence-corrected chi connectivity index (χ0v) is 9.77. The maximum Gasteiger partial charge on any atom is 0.256 e. The average molecular weight is 237 g/mol. The molecule has 0 bridgehead atoms. The van der Waals surface area contributed by atoms with E-state index in [1.54, 1.807) is 11.9 Å². The van der Waals surface area contributed by atoms with Gasteiger partial charge < -0.3 is 10.6 Å². The van der Waals surface area contributed by atoms with Gasteiger partial charge in [-0.05, 0) is 24.8 Å². The third-order valence-corrected chi connectivity index (χ3v) is 3.23. The van der Waals surface area contributed by atoms with Crippen molar-refractivity contribution in [3.63, 3.8) is 0 Å². The molecule has 2 N–H and O–H groups in total. The fourth-order valence-electron chi connectivity index (χ4n) is 2.04. The van der Waals surface area contributed by atoms with Crippen LogP contribution in [0.1, 0.15) is 23.2 Å². The number of halogens is 1. The number of rotatable bonds is 4. The lowest BCUT2D eigenvalue weighted by Gasteiger charge is -2.27. The molecular weight excluding hydrogens is 221 g/mol. The zero-order chi connectivity index (χ0) is 12.4. The van der Waals surface area contributed by atoms with Gasteiger partial charge >= 0.3 is 0 Å². The third kappa shape index (κ3) is 2.44. The lowest BCUT2D eigenvalue weighted by Crippen LogP contribution is -2.43. The molecule has 1 aliphatic rings. The van der Waals surface area contributed by atoms with Gasteiger partial charge in [-0.2, -0.15) is 0 Å². The molecule has 5 heteroatoms. The number of amides is 1. The number of nitrogens with two attached hydrogens (primary N) is 1. The number of pyridine rings is 1. The monoisotopic (exact) mass is 237 g/mol. The van der Waals surface area contributed by atoms with Crippen molar-refractivity contribution in [2.45, 2.75) is 18.9 Å². The number of aromatic nitrogens is 1. The summed E-state index contributed by atoms with van der Waals surface area (Å²) in [6.07, 6.45) is 4.66. The minimum atomic E-state index is -0.587.